The summed E-state index contributed by atoms with van der Waals surface area (Å²) in [6, 6.07) is 0. The highest BCUT2D eigenvalue weighted by Crippen LogP contribution is 2.18. The Bertz CT molecular complexity index is 722. The zero-order valence-corrected chi connectivity index (χ0v) is 14.4. The van der Waals surface area contributed by atoms with Gasteiger partial charge in [-0.05, 0) is 19.8 Å². The second-order valence-corrected chi connectivity index (χ2v) is 6.62. The van der Waals surface area contributed by atoms with E-state index in [1.54, 1.807) is 6.92 Å². The summed E-state index contributed by atoms with van der Waals surface area (Å²) < 4.78 is 2.16. The predicted molar refractivity (Wildman–Crippen MR) is 92.4 cm³/mol. The molecule has 0 aliphatic carbocycles. The number of thioether (sulfide) groups is 1. The smallest absolute Gasteiger partial charge is 0.332 e. The lowest BCUT2D eigenvalue weighted by molar-refractivity contribution is -0.127. The third-order valence-corrected chi connectivity index (χ3v) is 4.69. The number of nitrogens with zero attached hydrogens (tertiary/aromatic N) is 4. The van der Waals surface area contributed by atoms with Crippen molar-refractivity contribution in [2.45, 2.75) is 19.8 Å². The molecule has 0 saturated carbocycles. The lowest BCUT2D eigenvalue weighted by Crippen LogP contribution is -2.38. The van der Waals surface area contributed by atoms with E-state index in [1.165, 1.54) is 30.4 Å². The van der Waals surface area contributed by atoms with Crippen molar-refractivity contribution < 1.29 is 4.79 Å². The fourth-order valence-corrected chi connectivity index (χ4v) is 3.07. The van der Waals surface area contributed by atoms with Gasteiger partial charge in [0.05, 0.1) is 10.8 Å². The van der Waals surface area contributed by atoms with Crippen molar-refractivity contribution in [2.24, 2.45) is 19.1 Å². The molecule has 2 heterocycles. The van der Waals surface area contributed by atoms with Crippen LogP contribution in [0.1, 0.15) is 19.8 Å². The highest BCUT2D eigenvalue weighted by Gasteiger charge is 2.18. The normalized spacial score (nSPS) is 15.3. The van der Waals surface area contributed by atoms with Crippen molar-refractivity contribution >= 4 is 34.2 Å². The number of nitrogens with two attached hydrogens (primary N) is 1. The van der Waals surface area contributed by atoms with Crippen molar-refractivity contribution in [1.82, 2.24) is 14.0 Å². The Hall–Kier alpha value is -2.03. The fourth-order valence-electron chi connectivity index (χ4n) is 2.40. The second kappa shape index (κ2) is 7.03. The summed E-state index contributed by atoms with van der Waals surface area (Å²) in [5.41, 5.74) is 4.63. The largest absolute Gasteiger partial charge is 0.391 e. The van der Waals surface area contributed by atoms with Crippen LogP contribution < -0.4 is 17.0 Å². The van der Waals surface area contributed by atoms with Gasteiger partial charge in [-0.2, -0.15) is 0 Å². The molecule has 1 amide bonds. The maximum absolute atomic E-state index is 12.0. The van der Waals surface area contributed by atoms with Gasteiger partial charge in [0, 0.05) is 27.2 Å². The minimum atomic E-state index is -0.571. The topological polar surface area (TPSA) is 103 Å². The third kappa shape index (κ3) is 3.66. The first-order valence-corrected chi connectivity index (χ1v) is 8.33. The van der Waals surface area contributed by atoms with Crippen molar-refractivity contribution in [2.75, 3.05) is 24.6 Å². The van der Waals surface area contributed by atoms with E-state index in [9.17, 15) is 14.4 Å². The Morgan fingerprint density at radius 2 is 1.83 bits per heavy atom. The number of carbonyl (C=O) groups is 1. The molecule has 1 aromatic heterocycles. The molecule has 0 unspecified atom stereocenters. The van der Waals surface area contributed by atoms with E-state index in [-0.39, 0.29) is 23.2 Å². The number of carbonyl (C=O) groups excluding carboxylic acids is 1. The van der Waals surface area contributed by atoms with E-state index in [0.29, 0.717) is 5.04 Å². The van der Waals surface area contributed by atoms with Crippen LogP contribution in [0.15, 0.2) is 14.6 Å². The Balaban J connectivity index is 2.16. The first kappa shape index (κ1) is 17.3. The molecule has 1 aromatic rings. The number of amides is 1. The Morgan fingerprint density at radius 1 is 1.22 bits per heavy atom. The summed E-state index contributed by atoms with van der Waals surface area (Å²) in [7, 11) is 2.87. The zero-order chi connectivity index (χ0) is 17.1. The molecule has 0 spiro atoms. The molecule has 2 rings (SSSR count). The van der Waals surface area contributed by atoms with Gasteiger partial charge in [0.15, 0.2) is 5.82 Å². The molecular weight excluding hydrogens is 318 g/mol. The summed E-state index contributed by atoms with van der Waals surface area (Å²) in [5, 5.41) is 0.576. The lowest BCUT2D eigenvalue weighted by atomic mass is 10.4. The maximum Gasteiger partial charge on any atom is 0.332 e. The van der Waals surface area contributed by atoms with Crippen LogP contribution in [-0.4, -0.2) is 43.8 Å². The molecule has 1 fully saturated rings. The van der Waals surface area contributed by atoms with Gasteiger partial charge in [-0.25, -0.2) is 9.79 Å². The quantitative estimate of drug-likeness (QED) is 0.620. The summed E-state index contributed by atoms with van der Waals surface area (Å²) in [4.78, 5) is 41.9. The average Bonchev–Trinajstić information content (AvgIpc) is 3.07. The van der Waals surface area contributed by atoms with Crippen molar-refractivity contribution in [3.63, 3.8) is 0 Å². The standard InChI is InChI=1S/C14H21N5O3S/c1-9(23-8-10(20)19-6-4-5-7-19)16-12-11(15)13(21)18(3)14(22)17(12)2/h4-8,15H2,1-3H3. The molecule has 1 aliphatic rings. The van der Waals surface area contributed by atoms with Gasteiger partial charge in [0.1, 0.15) is 5.69 Å². The van der Waals surface area contributed by atoms with Crippen LogP contribution in [0.2, 0.25) is 0 Å². The van der Waals surface area contributed by atoms with Crippen molar-refractivity contribution in [3.05, 3.63) is 20.8 Å². The van der Waals surface area contributed by atoms with Crippen LogP contribution in [0.3, 0.4) is 0 Å². The molecule has 9 heteroatoms. The fraction of sp³-hybridized carbons (Fsp3) is 0.571. The van der Waals surface area contributed by atoms with Gasteiger partial charge in [0.2, 0.25) is 5.91 Å². The van der Waals surface area contributed by atoms with Crippen LogP contribution in [0.4, 0.5) is 11.5 Å². The van der Waals surface area contributed by atoms with Gasteiger partial charge in [-0.1, -0.05) is 0 Å². The highest BCUT2D eigenvalue weighted by molar-refractivity contribution is 8.14. The summed E-state index contributed by atoms with van der Waals surface area (Å²) in [5.74, 6) is 0.484. The summed E-state index contributed by atoms with van der Waals surface area (Å²) >= 11 is 1.28. The molecule has 23 heavy (non-hydrogen) atoms. The van der Waals surface area contributed by atoms with E-state index in [1.807, 2.05) is 4.90 Å². The molecule has 1 saturated heterocycles. The summed E-state index contributed by atoms with van der Waals surface area (Å²) in [6.07, 6.45) is 2.10. The number of hydrogen-bond acceptors (Lipinski definition) is 6. The first-order valence-electron chi connectivity index (χ1n) is 7.34. The minimum Gasteiger partial charge on any atom is -0.391 e. The third-order valence-electron chi connectivity index (χ3n) is 3.79. The van der Waals surface area contributed by atoms with Crippen molar-refractivity contribution in [1.29, 1.82) is 0 Å². The summed E-state index contributed by atoms with van der Waals surface area (Å²) in [6.45, 7) is 3.35. The maximum atomic E-state index is 12.0. The van der Waals surface area contributed by atoms with E-state index in [4.69, 9.17) is 5.73 Å². The molecule has 0 aromatic carbocycles. The number of hydrogen-bond donors (Lipinski definition) is 1. The molecule has 2 N–H and O–H groups in total. The molecule has 0 bridgehead atoms. The van der Waals surface area contributed by atoms with Crippen LogP contribution >= 0.6 is 11.8 Å². The highest BCUT2D eigenvalue weighted by atomic mass is 32.2. The molecule has 126 valence electrons. The molecular formula is C14H21N5O3S. The number of rotatable bonds is 3. The Labute approximate surface area is 138 Å². The number of likely N-dealkylation sites (tertiary alicyclic amines) is 1. The van der Waals surface area contributed by atoms with Gasteiger partial charge in [-0.3, -0.25) is 18.7 Å². The van der Waals surface area contributed by atoms with Gasteiger partial charge < -0.3 is 10.6 Å². The Morgan fingerprint density at radius 3 is 2.43 bits per heavy atom. The van der Waals surface area contributed by atoms with E-state index < -0.39 is 11.2 Å². The second-order valence-electron chi connectivity index (χ2n) is 5.45. The van der Waals surface area contributed by atoms with Crippen LogP contribution in [0.5, 0.6) is 0 Å². The van der Waals surface area contributed by atoms with Gasteiger partial charge in [0.25, 0.3) is 5.56 Å². The van der Waals surface area contributed by atoms with Crippen LogP contribution in [0, 0.1) is 0 Å². The Kier molecular flexibility index (Phi) is 5.30. The number of aromatic nitrogens is 2. The van der Waals surface area contributed by atoms with Crippen LogP contribution in [-0.2, 0) is 18.9 Å². The molecule has 8 nitrogen and oxygen atoms in total. The van der Waals surface area contributed by atoms with Crippen LogP contribution in [0.25, 0.3) is 0 Å². The average molecular weight is 339 g/mol. The zero-order valence-electron chi connectivity index (χ0n) is 13.5. The minimum absolute atomic E-state index is 0.0767. The van der Waals surface area contributed by atoms with Gasteiger partial charge >= 0.3 is 5.69 Å². The first-order chi connectivity index (χ1) is 10.8. The predicted octanol–water partition coefficient (Wildman–Crippen LogP) is 0.0717. The number of anilines is 1. The SMILES string of the molecule is CC(=Nc1c(N)c(=O)n(C)c(=O)n1C)SCC(=O)N1CCCC1. The van der Waals surface area contributed by atoms with E-state index in [0.717, 1.165) is 30.5 Å². The number of aliphatic imine (C=N–C) groups is 1. The van der Waals surface area contributed by atoms with Gasteiger partial charge in [-0.15, -0.1) is 11.8 Å². The van der Waals surface area contributed by atoms with E-state index >= 15 is 0 Å². The molecule has 0 atom stereocenters. The van der Waals surface area contributed by atoms with E-state index in [2.05, 4.69) is 4.99 Å². The molecule has 1 aliphatic heterocycles. The van der Waals surface area contributed by atoms with Crippen molar-refractivity contribution in [3.8, 4) is 0 Å². The monoisotopic (exact) mass is 339 g/mol. The number of nitrogen functional groups attached to an aromatic ring is 1. The lowest BCUT2D eigenvalue weighted by Gasteiger charge is -2.14. The molecule has 0 radical (unpaired) electrons.